The van der Waals surface area contributed by atoms with Crippen LogP contribution < -0.4 is 0 Å². The molecule has 3 rings (SSSR count). The van der Waals surface area contributed by atoms with Gasteiger partial charge < -0.3 is 4.52 Å². The Morgan fingerprint density at radius 1 is 1.30 bits per heavy atom. The van der Waals surface area contributed by atoms with E-state index in [1.165, 1.54) is 0 Å². The zero-order chi connectivity index (χ0) is 16.3. The second kappa shape index (κ2) is 6.80. The normalized spacial score (nSPS) is 19.3. The van der Waals surface area contributed by atoms with Gasteiger partial charge in [-0.3, -0.25) is 4.90 Å². The average molecular weight is 335 g/mol. The predicted octanol–water partition coefficient (Wildman–Crippen LogP) is 2.24. The topological polar surface area (TPSA) is 76.3 Å². The molecule has 1 fully saturated rings. The molecule has 0 N–H and O–H groups in total. The van der Waals surface area contributed by atoms with Gasteiger partial charge in [0.05, 0.1) is 16.7 Å². The molecule has 7 heteroatoms. The Hall–Kier alpha value is -1.73. The highest BCUT2D eigenvalue weighted by atomic mass is 32.2. The maximum Gasteiger partial charge on any atom is 0.226 e. The number of aryl methyl sites for hydroxylation is 1. The average Bonchev–Trinajstić information content (AvgIpc) is 3.22. The van der Waals surface area contributed by atoms with E-state index < -0.39 is 9.84 Å². The van der Waals surface area contributed by atoms with Crippen LogP contribution in [0.2, 0.25) is 0 Å². The third-order valence-corrected chi connectivity index (χ3v) is 5.91. The Kier molecular flexibility index (Phi) is 4.77. The molecule has 1 aromatic carbocycles. The molecule has 0 bridgehead atoms. The first-order valence-electron chi connectivity index (χ1n) is 7.94. The fourth-order valence-electron chi connectivity index (χ4n) is 2.92. The summed E-state index contributed by atoms with van der Waals surface area (Å²) in [5, 5.41) is 4.04. The number of likely N-dealkylation sites (tertiary alicyclic amines) is 1. The smallest absolute Gasteiger partial charge is 0.226 e. The molecule has 23 heavy (non-hydrogen) atoms. The summed E-state index contributed by atoms with van der Waals surface area (Å²) in [5.74, 6) is 1.41. The summed E-state index contributed by atoms with van der Waals surface area (Å²) in [4.78, 5) is 6.92. The second-order valence-corrected chi connectivity index (χ2v) is 7.83. The van der Waals surface area contributed by atoms with Gasteiger partial charge in [-0.25, -0.2) is 8.42 Å². The SMILES string of the molecule is CCc1nc([C@@H]2CCCN2CCS(=O)(=O)c2ccccc2)no1. The second-order valence-electron chi connectivity index (χ2n) is 5.73. The van der Waals surface area contributed by atoms with Gasteiger partial charge >= 0.3 is 0 Å². The summed E-state index contributed by atoms with van der Waals surface area (Å²) in [6.07, 6.45) is 2.67. The van der Waals surface area contributed by atoms with Crippen molar-refractivity contribution >= 4 is 9.84 Å². The van der Waals surface area contributed by atoms with E-state index in [2.05, 4.69) is 15.0 Å². The van der Waals surface area contributed by atoms with Crippen LogP contribution >= 0.6 is 0 Å². The first kappa shape index (κ1) is 16.1. The van der Waals surface area contributed by atoms with Gasteiger partial charge in [0.15, 0.2) is 15.7 Å². The lowest BCUT2D eigenvalue weighted by molar-refractivity contribution is 0.255. The number of hydrogen-bond acceptors (Lipinski definition) is 6. The van der Waals surface area contributed by atoms with E-state index in [0.717, 1.165) is 19.4 Å². The van der Waals surface area contributed by atoms with E-state index >= 15 is 0 Å². The lowest BCUT2D eigenvalue weighted by Crippen LogP contribution is -2.29. The van der Waals surface area contributed by atoms with Gasteiger partial charge in [0.2, 0.25) is 5.89 Å². The van der Waals surface area contributed by atoms with Crippen molar-refractivity contribution in [3.05, 3.63) is 42.0 Å². The van der Waals surface area contributed by atoms with Crippen molar-refractivity contribution in [1.82, 2.24) is 15.0 Å². The van der Waals surface area contributed by atoms with Crippen LogP contribution in [0.25, 0.3) is 0 Å². The monoisotopic (exact) mass is 335 g/mol. The highest BCUT2D eigenvalue weighted by molar-refractivity contribution is 7.91. The highest BCUT2D eigenvalue weighted by Crippen LogP contribution is 2.30. The van der Waals surface area contributed by atoms with E-state index in [1.807, 2.05) is 13.0 Å². The molecule has 1 aliphatic rings. The van der Waals surface area contributed by atoms with Crippen LogP contribution in [0, 0.1) is 0 Å². The van der Waals surface area contributed by atoms with Crippen molar-refractivity contribution in [2.24, 2.45) is 0 Å². The molecule has 2 heterocycles. The number of rotatable bonds is 6. The number of benzene rings is 1. The van der Waals surface area contributed by atoms with E-state index in [-0.39, 0.29) is 11.8 Å². The first-order valence-corrected chi connectivity index (χ1v) is 9.59. The quantitative estimate of drug-likeness (QED) is 0.806. The first-order chi connectivity index (χ1) is 11.1. The fourth-order valence-corrected chi connectivity index (χ4v) is 4.20. The van der Waals surface area contributed by atoms with Crippen LogP contribution in [0.1, 0.15) is 37.5 Å². The minimum atomic E-state index is -3.26. The van der Waals surface area contributed by atoms with Crippen molar-refractivity contribution in [3.63, 3.8) is 0 Å². The predicted molar refractivity (Wildman–Crippen MR) is 85.7 cm³/mol. The summed E-state index contributed by atoms with van der Waals surface area (Å²) < 4.78 is 30.0. The van der Waals surface area contributed by atoms with Crippen LogP contribution in [-0.2, 0) is 16.3 Å². The number of nitrogens with zero attached hydrogens (tertiary/aromatic N) is 3. The zero-order valence-corrected chi connectivity index (χ0v) is 14.0. The van der Waals surface area contributed by atoms with Crippen LogP contribution in [0.3, 0.4) is 0 Å². The molecule has 1 aromatic heterocycles. The molecule has 0 radical (unpaired) electrons. The van der Waals surface area contributed by atoms with Crippen molar-refractivity contribution in [3.8, 4) is 0 Å². The van der Waals surface area contributed by atoms with E-state index in [0.29, 0.717) is 29.6 Å². The Balaban J connectivity index is 1.67. The van der Waals surface area contributed by atoms with E-state index in [4.69, 9.17) is 4.52 Å². The Morgan fingerprint density at radius 3 is 2.78 bits per heavy atom. The molecule has 1 saturated heterocycles. The number of aromatic nitrogens is 2. The van der Waals surface area contributed by atoms with E-state index in [9.17, 15) is 8.42 Å². The molecular weight excluding hydrogens is 314 g/mol. The largest absolute Gasteiger partial charge is 0.339 e. The lowest BCUT2D eigenvalue weighted by Gasteiger charge is -2.21. The van der Waals surface area contributed by atoms with Crippen LogP contribution in [0.15, 0.2) is 39.8 Å². The molecule has 6 nitrogen and oxygen atoms in total. The van der Waals surface area contributed by atoms with Gasteiger partial charge in [-0.05, 0) is 31.5 Å². The summed E-state index contributed by atoms with van der Waals surface area (Å²) >= 11 is 0. The summed E-state index contributed by atoms with van der Waals surface area (Å²) in [5.41, 5.74) is 0. The van der Waals surface area contributed by atoms with Crippen molar-refractivity contribution < 1.29 is 12.9 Å². The number of hydrogen-bond donors (Lipinski definition) is 0. The van der Waals surface area contributed by atoms with Crippen LogP contribution in [0.4, 0.5) is 0 Å². The van der Waals surface area contributed by atoms with Gasteiger partial charge in [0.25, 0.3) is 0 Å². The van der Waals surface area contributed by atoms with Gasteiger partial charge in [0, 0.05) is 13.0 Å². The molecule has 1 aliphatic heterocycles. The molecule has 0 amide bonds. The van der Waals surface area contributed by atoms with Crippen molar-refractivity contribution in [2.75, 3.05) is 18.8 Å². The lowest BCUT2D eigenvalue weighted by atomic mass is 10.2. The molecule has 0 spiro atoms. The van der Waals surface area contributed by atoms with E-state index in [1.54, 1.807) is 24.3 Å². The minimum Gasteiger partial charge on any atom is -0.339 e. The van der Waals surface area contributed by atoms with Crippen LogP contribution in [-0.4, -0.2) is 42.3 Å². The highest BCUT2D eigenvalue weighted by Gasteiger charge is 2.30. The summed E-state index contributed by atoms with van der Waals surface area (Å²) in [6.45, 7) is 3.32. The maximum atomic E-state index is 12.4. The molecular formula is C16H21N3O3S. The minimum absolute atomic E-state index is 0.0602. The molecule has 2 aromatic rings. The van der Waals surface area contributed by atoms with Gasteiger partial charge in [-0.2, -0.15) is 4.98 Å². The zero-order valence-electron chi connectivity index (χ0n) is 13.2. The Morgan fingerprint density at radius 2 is 2.09 bits per heavy atom. The Labute approximate surface area is 136 Å². The maximum absolute atomic E-state index is 12.4. The fraction of sp³-hybridized carbons (Fsp3) is 0.500. The number of sulfone groups is 1. The third kappa shape index (κ3) is 3.61. The molecule has 0 saturated carbocycles. The molecule has 1 atom stereocenters. The molecule has 124 valence electrons. The molecule has 0 unspecified atom stereocenters. The van der Waals surface area contributed by atoms with Gasteiger partial charge in [-0.15, -0.1) is 0 Å². The van der Waals surface area contributed by atoms with Crippen molar-refractivity contribution in [1.29, 1.82) is 0 Å². The molecule has 0 aliphatic carbocycles. The van der Waals surface area contributed by atoms with Gasteiger partial charge in [-0.1, -0.05) is 30.3 Å². The van der Waals surface area contributed by atoms with Crippen LogP contribution in [0.5, 0.6) is 0 Å². The summed E-state index contributed by atoms with van der Waals surface area (Å²) in [7, 11) is -3.26. The standard InChI is InChI=1S/C16H21N3O3S/c1-2-15-17-16(18-22-15)14-9-6-10-19(14)11-12-23(20,21)13-7-4-3-5-8-13/h3-5,7-8,14H,2,6,9-12H2,1H3/t14-/m0/s1. The van der Waals surface area contributed by atoms with Crippen molar-refractivity contribution in [2.45, 2.75) is 37.1 Å². The van der Waals surface area contributed by atoms with Gasteiger partial charge in [0.1, 0.15) is 0 Å². The summed E-state index contributed by atoms with van der Waals surface area (Å²) in [6, 6.07) is 8.66. The third-order valence-electron chi connectivity index (χ3n) is 4.20. The Bertz CT molecular complexity index is 743.